The molecule has 1 atom stereocenters. The molecular formula is C19H23N7O. The Morgan fingerprint density at radius 1 is 1.11 bits per heavy atom. The van der Waals surface area contributed by atoms with Crippen molar-refractivity contribution in [2.45, 2.75) is 39.7 Å². The number of anilines is 3. The van der Waals surface area contributed by atoms with Crippen molar-refractivity contribution in [1.29, 1.82) is 0 Å². The number of hydrogen-bond donors (Lipinski definition) is 2. The van der Waals surface area contributed by atoms with Gasteiger partial charge in [-0.25, -0.2) is 4.98 Å². The average Bonchev–Trinajstić information content (AvgIpc) is 3.22. The standard InChI is InChI=1S/C19H23N7O/c1-4-16-17(5-2)24-25-19(23-16)22-15-9-6-8-14(12-15)21-18(27)13(3)26-11-7-10-20-26/h6-13H,4-5H2,1-3H3,(H,21,27)(H,22,23,25). The first kappa shape index (κ1) is 18.5. The van der Waals surface area contributed by atoms with Crippen molar-refractivity contribution in [3.63, 3.8) is 0 Å². The lowest BCUT2D eigenvalue weighted by atomic mass is 10.2. The van der Waals surface area contributed by atoms with Gasteiger partial charge in [0.25, 0.3) is 0 Å². The molecule has 1 aromatic carbocycles. The molecule has 0 bridgehead atoms. The lowest BCUT2D eigenvalue weighted by Crippen LogP contribution is -2.24. The summed E-state index contributed by atoms with van der Waals surface area (Å²) in [5, 5.41) is 18.5. The summed E-state index contributed by atoms with van der Waals surface area (Å²) in [6.45, 7) is 5.88. The molecule has 0 aliphatic carbocycles. The smallest absolute Gasteiger partial charge is 0.248 e. The fourth-order valence-electron chi connectivity index (χ4n) is 2.67. The third kappa shape index (κ3) is 4.46. The second-order valence-electron chi connectivity index (χ2n) is 6.09. The molecule has 0 spiro atoms. The van der Waals surface area contributed by atoms with Gasteiger partial charge in [-0.1, -0.05) is 19.9 Å². The molecule has 1 amide bonds. The van der Waals surface area contributed by atoms with Crippen LogP contribution in [0.1, 0.15) is 38.2 Å². The number of nitrogens with one attached hydrogen (secondary N) is 2. The monoisotopic (exact) mass is 365 g/mol. The fourth-order valence-corrected chi connectivity index (χ4v) is 2.67. The number of amides is 1. The van der Waals surface area contributed by atoms with Gasteiger partial charge in [-0.05, 0) is 44.0 Å². The Morgan fingerprint density at radius 2 is 1.89 bits per heavy atom. The van der Waals surface area contributed by atoms with E-state index in [4.69, 9.17) is 0 Å². The van der Waals surface area contributed by atoms with Crippen molar-refractivity contribution in [3.8, 4) is 0 Å². The molecule has 0 aliphatic heterocycles. The van der Waals surface area contributed by atoms with Crippen LogP contribution in [-0.4, -0.2) is 30.9 Å². The number of carbonyl (C=O) groups excluding carboxylic acids is 1. The van der Waals surface area contributed by atoms with E-state index in [1.165, 1.54) is 0 Å². The van der Waals surface area contributed by atoms with E-state index in [1.807, 2.05) is 38.1 Å². The maximum Gasteiger partial charge on any atom is 0.248 e. The molecule has 3 aromatic rings. The van der Waals surface area contributed by atoms with Crippen LogP contribution in [-0.2, 0) is 17.6 Å². The van der Waals surface area contributed by atoms with Crippen molar-refractivity contribution in [3.05, 3.63) is 54.1 Å². The molecule has 0 radical (unpaired) electrons. The van der Waals surface area contributed by atoms with Crippen LogP contribution < -0.4 is 10.6 Å². The van der Waals surface area contributed by atoms with Crippen LogP contribution in [0.4, 0.5) is 17.3 Å². The van der Waals surface area contributed by atoms with Gasteiger partial charge in [0.05, 0.1) is 11.4 Å². The molecule has 0 aliphatic rings. The Bertz CT molecular complexity index is 908. The number of carbonyl (C=O) groups is 1. The summed E-state index contributed by atoms with van der Waals surface area (Å²) >= 11 is 0. The summed E-state index contributed by atoms with van der Waals surface area (Å²) < 4.78 is 1.61. The van der Waals surface area contributed by atoms with E-state index in [1.54, 1.807) is 30.1 Å². The summed E-state index contributed by atoms with van der Waals surface area (Å²) in [6.07, 6.45) is 5.02. The molecule has 3 rings (SSSR count). The minimum Gasteiger partial charge on any atom is -0.324 e. The van der Waals surface area contributed by atoms with E-state index in [-0.39, 0.29) is 5.91 Å². The van der Waals surface area contributed by atoms with Crippen molar-refractivity contribution in [2.75, 3.05) is 10.6 Å². The lowest BCUT2D eigenvalue weighted by Gasteiger charge is -2.13. The van der Waals surface area contributed by atoms with Crippen LogP contribution in [0.15, 0.2) is 42.7 Å². The highest BCUT2D eigenvalue weighted by Crippen LogP contribution is 2.19. The number of aryl methyl sites for hydroxylation is 2. The Morgan fingerprint density at radius 3 is 2.59 bits per heavy atom. The van der Waals surface area contributed by atoms with Crippen LogP contribution in [0.3, 0.4) is 0 Å². The summed E-state index contributed by atoms with van der Waals surface area (Å²) in [6, 6.07) is 8.78. The van der Waals surface area contributed by atoms with Crippen LogP contribution in [0.25, 0.3) is 0 Å². The van der Waals surface area contributed by atoms with Crippen molar-refractivity contribution in [1.82, 2.24) is 25.0 Å². The maximum atomic E-state index is 12.4. The number of rotatable bonds is 7. The lowest BCUT2D eigenvalue weighted by molar-refractivity contribution is -0.119. The van der Waals surface area contributed by atoms with E-state index in [2.05, 4.69) is 30.9 Å². The van der Waals surface area contributed by atoms with E-state index >= 15 is 0 Å². The number of benzene rings is 1. The van der Waals surface area contributed by atoms with Crippen LogP contribution in [0.2, 0.25) is 0 Å². The molecule has 0 saturated carbocycles. The van der Waals surface area contributed by atoms with E-state index in [9.17, 15) is 4.79 Å². The van der Waals surface area contributed by atoms with Gasteiger partial charge in [-0.3, -0.25) is 9.48 Å². The van der Waals surface area contributed by atoms with Crippen LogP contribution in [0.5, 0.6) is 0 Å². The Kier molecular flexibility index (Phi) is 5.75. The highest BCUT2D eigenvalue weighted by Gasteiger charge is 2.15. The molecule has 8 heteroatoms. The highest BCUT2D eigenvalue weighted by molar-refractivity contribution is 5.93. The fraction of sp³-hybridized carbons (Fsp3) is 0.316. The largest absolute Gasteiger partial charge is 0.324 e. The minimum atomic E-state index is -0.405. The van der Waals surface area contributed by atoms with Crippen molar-refractivity contribution in [2.24, 2.45) is 0 Å². The van der Waals surface area contributed by atoms with Crippen LogP contribution >= 0.6 is 0 Å². The summed E-state index contributed by atoms with van der Waals surface area (Å²) in [4.78, 5) is 16.9. The van der Waals surface area contributed by atoms with E-state index in [0.717, 1.165) is 29.9 Å². The number of nitrogens with zero attached hydrogens (tertiary/aromatic N) is 5. The zero-order valence-electron chi connectivity index (χ0n) is 15.7. The maximum absolute atomic E-state index is 12.4. The zero-order valence-corrected chi connectivity index (χ0v) is 15.7. The van der Waals surface area contributed by atoms with Crippen molar-refractivity contribution < 1.29 is 4.79 Å². The van der Waals surface area contributed by atoms with Crippen molar-refractivity contribution >= 4 is 23.2 Å². The molecule has 0 fully saturated rings. The van der Waals surface area contributed by atoms with E-state index in [0.29, 0.717) is 11.6 Å². The van der Waals surface area contributed by atoms with Gasteiger partial charge in [0, 0.05) is 23.8 Å². The molecular weight excluding hydrogens is 342 g/mol. The summed E-state index contributed by atoms with van der Waals surface area (Å²) in [5.41, 5.74) is 3.30. The molecule has 2 heterocycles. The van der Waals surface area contributed by atoms with Gasteiger partial charge in [0.1, 0.15) is 6.04 Å². The van der Waals surface area contributed by atoms with Gasteiger partial charge in [-0.15, -0.1) is 10.2 Å². The Labute approximate surface area is 158 Å². The van der Waals surface area contributed by atoms with Gasteiger partial charge < -0.3 is 10.6 Å². The first-order valence-corrected chi connectivity index (χ1v) is 9.00. The molecule has 0 saturated heterocycles. The average molecular weight is 365 g/mol. The summed E-state index contributed by atoms with van der Waals surface area (Å²) in [7, 11) is 0. The van der Waals surface area contributed by atoms with Crippen LogP contribution in [0, 0.1) is 0 Å². The quantitative estimate of drug-likeness (QED) is 0.667. The minimum absolute atomic E-state index is 0.144. The van der Waals surface area contributed by atoms with Gasteiger partial charge in [0.15, 0.2) is 0 Å². The molecule has 140 valence electrons. The molecule has 2 N–H and O–H groups in total. The van der Waals surface area contributed by atoms with Gasteiger partial charge >= 0.3 is 0 Å². The number of aromatic nitrogens is 5. The first-order valence-electron chi connectivity index (χ1n) is 9.00. The van der Waals surface area contributed by atoms with Gasteiger partial charge in [-0.2, -0.15) is 5.10 Å². The topological polar surface area (TPSA) is 97.6 Å². The second-order valence-corrected chi connectivity index (χ2v) is 6.09. The summed E-state index contributed by atoms with van der Waals surface area (Å²) in [5.74, 6) is 0.298. The molecule has 1 unspecified atom stereocenters. The third-order valence-electron chi connectivity index (χ3n) is 4.20. The highest BCUT2D eigenvalue weighted by atomic mass is 16.2. The predicted molar refractivity (Wildman–Crippen MR) is 104 cm³/mol. The molecule has 27 heavy (non-hydrogen) atoms. The number of hydrogen-bond acceptors (Lipinski definition) is 6. The second kappa shape index (κ2) is 8.39. The SMILES string of the molecule is CCc1nnc(Nc2cccc(NC(=O)C(C)n3cccn3)c2)nc1CC. The third-order valence-corrected chi connectivity index (χ3v) is 4.20. The Hall–Kier alpha value is -3.29. The normalized spacial score (nSPS) is 11.8. The first-order chi connectivity index (χ1) is 13.1. The Balaban J connectivity index is 1.71. The molecule has 2 aromatic heterocycles. The zero-order chi connectivity index (χ0) is 19.2. The molecule has 8 nitrogen and oxygen atoms in total. The predicted octanol–water partition coefficient (Wildman–Crippen LogP) is 3.14. The van der Waals surface area contributed by atoms with E-state index < -0.39 is 6.04 Å². The van der Waals surface area contributed by atoms with Gasteiger partial charge in [0.2, 0.25) is 11.9 Å².